The molecule has 0 fully saturated rings. The van der Waals surface area contributed by atoms with Crippen LogP contribution in [0.4, 0.5) is 0 Å². The minimum Gasteiger partial charge on any atom is -0.462 e. The lowest BCUT2D eigenvalue weighted by Crippen LogP contribution is -2.46. The second-order valence-corrected chi connectivity index (χ2v) is 15.8. The van der Waals surface area contributed by atoms with E-state index < -0.39 is 18.2 Å². The minimum atomic E-state index is -0.789. The third kappa shape index (κ3) is 37.1. The van der Waals surface area contributed by atoms with E-state index in [1.54, 1.807) is 0 Å². The number of hydrogen-bond acceptors (Lipinski definition) is 5. The number of hydrogen-bond donors (Lipinski definition) is 3. The Labute approximate surface area is 329 Å². The van der Waals surface area contributed by atoms with Gasteiger partial charge in [0.25, 0.3) is 0 Å². The molecule has 0 saturated heterocycles. The van der Waals surface area contributed by atoms with Gasteiger partial charge >= 0.3 is 5.97 Å². The van der Waals surface area contributed by atoms with E-state index in [2.05, 4.69) is 44.3 Å². The average molecular weight is 748 g/mol. The maximum Gasteiger partial charge on any atom is 0.306 e. The number of ether oxygens (including phenoxy) is 1. The van der Waals surface area contributed by atoms with Crippen LogP contribution in [0, 0.1) is 0 Å². The van der Waals surface area contributed by atoms with Crippen molar-refractivity contribution < 1.29 is 24.5 Å². The van der Waals surface area contributed by atoms with Gasteiger partial charge in [0, 0.05) is 6.42 Å². The molecule has 0 rings (SSSR count). The maximum absolute atomic E-state index is 13.1. The monoisotopic (exact) mass is 748 g/mol. The van der Waals surface area contributed by atoms with Gasteiger partial charge in [-0.1, -0.05) is 206 Å². The summed E-state index contributed by atoms with van der Waals surface area (Å²) in [6.07, 6.45) is 45.3. The fourth-order valence-electron chi connectivity index (χ4n) is 7.01. The van der Waals surface area contributed by atoms with Crippen LogP contribution >= 0.6 is 0 Å². The molecule has 0 aromatic carbocycles. The van der Waals surface area contributed by atoms with Crippen LogP contribution in [0.15, 0.2) is 24.3 Å². The lowest BCUT2D eigenvalue weighted by Gasteiger charge is -2.24. The molecule has 0 heterocycles. The van der Waals surface area contributed by atoms with Gasteiger partial charge in [0.15, 0.2) is 0 Å². The molecule has 0 spiro atoms. The molecule has 0 saturated carbocycles. The Hall–Kier alpha value is -1.66. The predicted molar refractivity (Wildman–Crippen MR) is 227 cm³/mol. The first-order valence-electron chi connectivity index (χ1n) is 23.1. The normalized spacial score (nSPS) is 13.5. The molecule has 0 aliphatic heterocycles. The van der Waals surface area contributed by atoms with Gasteiger partial charge in [-0.2, -0.15) is 0 Å². The van der Waals surface area contributed by atoms with Gasteiger partial charge in [-0.05, 0) is 44.9 Å². The largest absolute Gasteiger partial charge is 0.462 e. The summed E-state index contributed by atoms with van der Waals surface area (Å²) in [4.78, 5) is 25.9. The molecule has 3 unspecified atom stereocenters. The van der Waals surface area contributed by atoms with Gasteiger partial charge in [-0.3, -0.25) is 9.59 Å². The molecule has 0 aliphatic carbocycles. The van der Waals surface area contributed by atoms with E-state index in [0.29, 0.717) is 25.7 Å². The number of carbonyl (C=O) groups excluding carboxylic acids is 2. The first kappa shape index (κ1) is 51.3. The number of aliphatic hydroxyl groups excluding tert-OH is 2. The summed E-state index contributed by atoms with van der Waals surface area (Å²) in [5, 5.41) is 23.6. The van der Waals surface area contributed by atoms with E-state index in [0.717, 1.165) is 51.4 Å². The van der Waals surface area contributed by atoms with Crippen molar-refractivity contribution in [1.29, 1.82) is 0 Å². The summed E-state index contributed by atoms with van der Waals surface area (Å²) in [5.41, 5.74) is 0. The van der Waals surface area contributed by atoms with Crippen molar-refractivity contribution in [2.24, 2.45) is 0 Å². The van der Waals surface area contributed by atoms with Crippen LogP contribution in [0.3, 0.4) is 0 Å². The third-order valence-corrected chi connectivity index (χ3v) is 10.5. The zero-order chi connectivity index (χ0) is 38.9. The highest BCUT2D eigenvalue weighted by molar-refractivity contribution is 5.77. The van der Waals surface area contributed by atoms with Crippen molar-refractivity contribution in [2.75, 3.05) is 6.61 Å². The number of unbranched alkanes of at least 4 members (excludes halogenated alkanes) is 25. The molecule has 6 nitrogen and oxygen atoms in total. The average Bonchev–Trinajstić information content (AvgIpc) is 3.15. The van der Waals surface area contributed by atoms with Crippen molar-refractivity contribution in [2.45, 2.75) is 257 Å². The minimum absolute atomic E-state index is 0.0597. The molecule has 0 aromatic rings. The van der Waals surface area contributed by atoms with E-state index in [-0.39, 0.29) is 24.9 Å². The standard InChI is InChI=1S/C47H89NO5/c1-4-7-10-13-16-19-22-23-25-28-31-34-37-40-47(52)53-43(38-35-32-29-26-24-20-17-14-11-8-5-2)41-46(51)48-44(42-49)45(50)39-36-33-30-27-21-18-15-12-9-6-3/h23,25,31,34,43-45,49-50H,4-22,24,26-30,32-33,35-42H2,1-3H3,(H,48,51)/b25-23-,34-31+. The van der Waals surface area contributed by atoms with E-state index >= 15 is 0 Å². The Morgan fingerprint density at radius 2 is 0.962 bits per heavy atom. The van der Waals surface area contributed by atoms with Crippen molar-refractivity contribution in [3.63, 3.8) is 0 Å². The molecule has 53 heavy (non-hydrogen) atoms. The van der Waals surface area contributed by atoms with Gasteiger partial charge in [0.05, 0.1) is 25.2 Å². The molecule has 1 amide bonds. The summed E-state index contributed by atoms with van der Waals surface area (Å²) < 4.78 is 5.86. The Morgan fingerprint density at radius 3 is 1.43 bits per heavy atom. The number of carbonyl (C=O) groups is 2. The summed E-state index contributed by atoms with van der Waals surface area (Å²) in [6.45, 7) is 6.44. The van der Waals surface area contributed by atoms with Gasteiger partial charge in [0.2, 0.25) is 5.91 Å². The Balaban J connectivity index is 4.64. The smallest absolute Gasteiger partial charge is 0.306 e. The van der Waals surface area contributed by atoms with Crippen LogP contribution < -0.4 is 5.32 Å². The number of esters is 1. The van der Waals surface area contributed by atoms with Crippen molar-refractivity contribution in [3.05, 3.63) is 24.3 Å². The fourth-order valence-corrected chi connectivity index (χ4v) is 7.01. The third-order valence-electron chi connectivity index (χ3n) is 10.5. The fraction of sp³-hybridized carbons (Fsp3) is 0.872. The number of allylic oxidation sites excluding steroid dienone is 4. The van der Waals surface area contributed by atoms with Crippen LogP contribution in [0.25, 0.3) is 0 Å². The highest BCUT2D eigenvalue weighted by atomic mass is 16.5. The van der Waals surface area contributed by atoms with E-state index in [4.69, 9.17) is 4.74 Å². The van der Waals surface area contributed by atoms with E-state index in [1.165, 1.54) is 135 Å². The summed E-state index contributed by atoms with van der Waals surface area (Å²) in [7, 11) is 0. The number of amides is 1. The topological polar surface area (TPSA) is 95.9 Å². The lowest BCUT2D eigenvalue weighted by molar-refractivity contribution is -0.150. The lowest BCUT2D eigenvalue weighted by atomic mass is 10.0. The van der Waals surface area contributed by atoms with Crippen LogP contribution in [-0.2, 0) is 14.3 Å². The zero-order valence-electron chi connectivity index (χ0n) is 35.4. The molecular formula is C47H89NO5. The zero-order valence-corrected chi connectivity index (χ0v) is 35.4. The quantitative estimate of drug-likeness (QED) is 0.0329. The highest BCUT2D eigenvalue weighted by Gasteiger charge is 2.24. The van der Waals surface area contributed by atoms with Gasteiger partial charge < -0.3 is 20.3 Å². The second-order valence-electron chi connectivity index (χ2n) is 15.8. The highest BCUT2D eigenvalue weighted by Crippen LogP contribution is 2.17. The molecule has 0 aliphatic rings. The number of rotatable bonds is 41. The van der Waals surface area contributed by atoms with Crippen molar-refractivity contribution in [3.8, 4) is 0 Å². The Kier molecular flexibility index (Phi) is 40.2. The molecule has 312 valence electrons. The van der Waals surface area contributed by atoms with E-state index in [9.17, 15) is 19.8 Å². The predicted octanol–water partition coefficient (Wildman–Crippen LogP) is 13.2. The van der Waals surface area contributed by atoms with Crippen molar-refractivity contribution >= 4 is 11.9 Å². The van der Waals surface area contributed by atoms with E-state index in [1.807, 2.05) is 6.08 Å². The molecule has 6 heteroatoms. The number of aliphatic hydroxyl groups is 2. The SMILES string of the molecule is CCCCCCCC/C=C\C/C=C/CCC(=O)OC(CCCCCCCCCCCCC)CC(=O)NC(CO)C(O)CCCCCCCCCCCC. The maximum atomic E-state index is 13.1. The van der Waals surface area contributed by atoms with Crippen LogP contribution in [-0.4, -0.2) is 46.9 Å². The molecule has 0 radical (unpaired) electrons. The molecule has 0 bridgehead atoms. The Bertz CT molecular complexity index is 843. The summed E-state index contributed by atoms with van der Waals surface area (Å²) >= 11 is 0. The van der Waals surface area contributed by atoms with Crippen LogP contribution in [0.5, 0.6) is 0 Å². The summed E-state index contributed by atoms with van der Waals surface area (Å²) in [5.74, 6) is -0.548. The Morgan fingerprint density at radius 1 is 0.547 bits per heavy atom. The van der Waals surface area contributed by atoms with Gasteiger partial charge in [-0.25, -0.2) is 0 Å². The molecule has 3 atom stereocenters. The molecular weight excluding hydrogens is 659 g/mol. The van der Waals surface area contributed by atoms with Gasteiger partial charge in [-0.15, -0.1) is 0 Å². The number of nitrogens with one attached hydrogen (secondary N) is 1. The first-order valence-corrected chi connectivity index (χ1v) is 23.1. The van der Waals surface area contributed by atoms with Crippen molar-refractivity contribution in [1.82, 2.24) is 5.32 Å². The first-order chi connectivity index (χ1) is 26.0. The molecule has 0 aromatic heterocycles. The van der Waals surface area contributed by atoms with Crippen LogP contribution in [0.2, 0.25) is 0 Å². The molecule has 3 N–H and O–H groups in total. The van der Waals surface area contributed by atoms with Crippen LogP contribution in [0.1, 0.15) is 239 Å². The second kappa shape index (κ2) is 41.5. The van der Waals surface area contributed by atoms with Gasteiger partial charge in [0.1, 0.15) is 6.10 Å². The summed E-state index contributed by atoms with van der Waals surface area (Å²) in [6, 6.07) is -0.704.